The van der Waals surface area contributed by atoms with E-state index in [1.165, 1.54) is 0 Å². The molecule has 0 atom stereocenters. The van der Waals surface area contributed by atoms with Gasteiger partial charge in [0.1, 0.15) is 0 Å². The quantitative estimate of drug-likeness (QED) is 0.478. The summed E-state index contributed by atoms with van der Waals surface area (Å²) in [6.07, 6.45) is 0. The molecular weight excluding hydrogens is 151 g/mol. The molecule has 0 aliphatic heterocycles. The van der Waals surface area contributed by atoms with Gasteiger partial charge in [0.05, 0.1) is 0 Å². The number of hydrogen-bond acceptors (Lipinski definition) is 0. The van der Waals surface area contributed by atoms with Crippen LogP contribution in [0.1, 0.15) is 6.92 Å². The van der Waals surface area contributed by atoms with E-state index in [1.807, 2.05) is 0 Å². The predicted molar refractivity (Wildman–Crippen MR) is 26.2 cm³/mol. The molecule has 0 aromatic carbocycles. The zero-order chi connectivity index (χ0) is 4.71. The van der Waals surface area contributed by atoms with Gasteiger partial charge in [0, 0.05) is 32.7 Å². The van der Waals surface area contributed by atoms with Gasteiger partial charge >= 0.3 is 0 Å². The molecule has 0 fully saturated rings. The van der Waals surface area contributed by atoms with Crippen molar-refractivity contribution in [2.75, 3.05) is 14.1 Å². The molecule has 0 aliphatic carbocycles. The van der Waals surface area contributed by atoms with Crippen molar-refractivity contribution in [3.8, 4) is 0 Å². The summed E-state index contributed by atoms with van der Waals surface area (Å²) >= 11 is 0. The van der Waals surface area contributed by atoms with Gasteiger partial charge in [0.15, 0.2) is 0 Å². The Hall–Kier alpha value is 1.06. The fourth-order valence-corrected chi connectivity index (χ4v) is 0. The van der Waals surface area contributed by atoms with Crippen molar-refractivity contribution in [1.82, 2.24) is 0 Å². The van der Waals surface area contributed by atoms with E-state index in [1.54, 1.807) is 21.0 Å². The normalized spacial score (nSPS) is 4.00. The first-order valence-corrected chi connectivity index (χ1v) is 1.60. The first-order chi connectivity index (χ1) is 2.41. The minimum absolute atomic E-state index is 0. The molecule has 0 aromatic rings. The molecule has 0 aromatic heterocycles. The summed E-state index contributed by atoms with van der Waals surface area (Å²) in [6.45, 7) is 5.00. The van der Waals surface area contributed by atoms with Crippen LogP contribution in [0, 0.1) is 6.92 Å². The van der Waals surface area contributed by atoms with E-state index in [4.69, 9.17) is 0 Å². The zero-order valence-corrected chi connectivity index (χ0v) is 7.57. The summed E-state index contributed by atoms with van der Waals surface area (Å²) in [5, 5.41) is 3.50. The largest absolute Gasteiger partial charge is 0.668 e. The Kier molecular flexibility index (Phi) is 95.7. The van der Waals surface area contributed by atoms with E-state index < -0.39 is 0 Å². The third-order valence-corrected chi connectivity index (χ3v) is 0. The molecule has 0 amide bonds. The Balaban J connectivity index is -0.0000000275. The average molecular weight is 162 g/mol. The molecule has 0 saturated heterocycles. The molecule has 0 aliphatic rings. The van der Waals surface area contributed by atoms with Crippen LogP contribution < -0.4 is 0 Å². The van der Waals surface area contributed by atoms with Gasteiger partial charge in [-0.2, -0.15) is 21.0 Å². The van der Waals surface area contributed by atoms with Crippen molar-refractivity contribution in [3.63, 3.8) is 0 Å². The van der Waals surface area contributed by atoms with E-state index in [-0.39, 0.29) is 32.7 Å². The van der Waals surface area contributed by atoms with Gasteiger partial charge in [-0.1, -0.05) is 0 Å². The van der Waals surface area contributed by atoms with Crippen LogP contribution in [0.15, 0.2) is 0 Å². The third-order valence-electron chi connectivity index (χ3n) is 0. The molecule has 0 unspecified atom stereocenters. The molecule has 0 rings (SSSR count). The second-order valence-electron chi connectivity index (χ2n) is 0.447. The van der Waals surface area contributed by atoms with Crippen molar-refractivity contribution in [3.05, 3.63) is 12.2 Å². The van der Waals surface area contributed by atoms with Crippen LogP contribution in [0.3, 0.4) is 0 Å². The maximum Gasteiger partial charge on any atom is 0 e. The Morgan fingerprint density at radius 2 is 1.17 bits per heavy atom. The molecule has 0 bridgehead atoms. The van der Waals surface area contributed by atoms with Crippen LogP contribution in [0.2, 0.25) is 0 Å². The van der Waals surface area contributed by atoms with Crippen LogP contribution in [0.25, 0.3) is 5.32 Å². The monoisotopic (exact) mass is 162 g/mol. The van der Waals surface area contributed by atoms with E-state index in [2.05, 4.69) is 12.2 Å². The van der Waals surface area contributed by atoms with E-state index >= 15 is 0 Å². The fourth-order valence-electron chi connectivity index (χ4n) is 0. The molecule has 0 N–H and O–H groups in total. The summed E-state index contributed by atoms with van der Waals surface area (Å²) in [6, 6.07) is 0. The van der Waals surface area contributed by atoms with Gasteiger partial charge in [-0.05, 0) is 0 Å². The molecule has 2 heteroatoms. The SMILES string of the molecule is C[N-]C.[CH2-]C.[Y]. The molecule has 0 spiro atoms. The smallest absolute Gasteiger partial charge is 0 e. The second-order valence-corrected chi connectivity index (χ2v) is 0.447. The maximum absolute atomic E-state index is 3.50. The van der Waals surface area contributed by atoms with Crippen LogP contribution in [-0.2, 0) is 32.7 Å². The molecule has 6 heavy (non-hydrogen) atoms. The van der Waals surface area contributed by atoms with Gasteiger partial charge < -0.3 is 12.2 Å². The van der Waals surface area contributed by atoms with Crippen molar-refractivity contribution in [2.45, 2.75) is 6.92 Å². The van der Waals surface area contributed by atoms with Gasteiger partial charge in [-0.3, -0.25) is 0 Å². The van der Waals surface area contributed by atoms with Gasteiger partial charge in [0.2, 0.25) is 0 Å². The number of nitrogens with zero attached hydrogens (tertiary/aromatic N) is 1. The number of hydrogen-bond donors (Lipinski definition) is 0. The second kappa shape index (κ2) is 36.5. The predicted octanol–water partition coefficient (Wildman–Crippen LogP) is 1.46. The first-order valence-electron chi connectivity index (χ1n) is 1.60. The summed E-state index contributed by atoms with van der Waals surface area (Å²) in [5.41, 5.74) is 0. The minimum atomic E-state index is 0. The van der Waals surface area contributed by atoms with Crippen LogP contribution >= 0.6 is 0 Å². The van der Waals surface area contributed by atoms with E-state index in [9.17, 15) is 0 Å². The summed E-state index contributed by atoms with van der Waals surface area (Å²) in [4.78, 5) is 0. The minimum Gasteiger partial charge on any atom is -0.668 e. The molecule has 0 heterocycles. The Morgan fingerprint density at radius 3 is 1.17 bits per heavy atom. The molecular formula is C4H11NY-2. The molecule has 0 saturated carbocycles. The molecule has 37 valence electrons. The van der Waals surface area contributed by atoms with Gasteiger partial charge in [0.25, 0.3) is 0 Å². The standard InChI is InChI=1S/C2H6N.C2H5.Y/c1-3-2;1-2;/h1-2H3;1H2,2H3;/q2*-1;. The Morgan fingerprint density at radius 1 is 1.17 bits per heavy atom. The average Bonchev–Trinajstić information content (AvgIpc) is 1.46. The zero-order valence-electron chi connectivity index (χ0n) is 4.73. The Bertz CT molecular complexity index is 7.51. The molecule has 1 nitrogen and oxygen atoms in total. The van der Waals surface area contributed by atoms with Gasteiger partial charge in [-0.25, -0.2) is 0 Å². The van der Waals surface area contributed by atoms with E-state index in [0.29, 0.717) is 0 Å². The fraction of sp³-hybridized carbons (Fsp3) is 0.750. The summed E-state index contributed by atoms with van der Waals surface area (Å²) in [5.74, 6) is 0. The van der Waals surface area contributed by atoms with Crippen molar-refractivity contribution >= 4 is 0 Å². The summed E-state index contributed by atoms with van der Waals surface area (Å²) in [7, 11) is 3.50. The van der Waals surface area contributed by atoms with Crippen molar-refractivity contribution in [1.29, 1.82) is 0 Å². The van der Waals surface area contributed by atoms with Crippen LogP contribution in [-0.4, -0.2) is 14.1 Å². The first kappa shape index (κ1) is 15.7. The third kappa shape index (κ3) is 73.9. The van der Waals surface area contributed by atoms with Crippen LogP contribution in [0.4, 0.5) is 0 Å². The van der Waals surface area contributed by atoms with E-state index in [0.717, 1.165) is 0 Å². The summed E-state index contributed by atoms with van der Waals surface area (Å²) < 4.78 is 0. The van der Waals surface area contributed by atoms with Crippen molar-refractivity contribution in [2.24, 2.45) is 0 Å². The maximum atomic E-state index is 3.50. The molecule has 1 radical (unpaired) electrons. The van der Waals surface area contributed by atoms with Gasteiger partial charge in [-0.15, -0.1) is 0 Å². The number of rotatable bonds is 0. The van der Waals surface area contributed by atoms with Crippen molar-refractivity contribution < 1.29 is 32.7 Å². The van der Waals surface area contributed by atoms with Crippen LogP contribution in [0.5, 0.6) is 0 Å². The Labute approximate surface area is 65.8 Å². The topological polar surface area (TPSA) is 14.1 Å².